The molecule has 0 bridgehead atoms. The van der Waals surface area contributed by atoms with Gasteiger partial charge in [-0.1, -0.05) is 91.8 Å². The Balaban J connectivity index is 2.12. The Morgan fingerprint density at radius 3 is 1.54 bits per heavy atom. The monoisotopic (exact) mass is 471 g/mol. The van der Waals surface area contributed by atoms with Crippen LogP contribution in [-0.2, 0) is 6.67 Å². The van der Waals surface area contributed by atoms with Crippen LogP contribution >= 0.6 is 0 Å². The number of para-hydroxylation sites is 2. The predicted octanol–water partition coefficient (Wildman–Crippen LogP) is 7.62. The molecule has 184 valence electrons. The molecule has 4 nitrogen and oxygen atoms in total. The van der Waals surface area contributed by atoms with Crippen molar-refractivity contribution in [2.24, 2.45) is 0 Å². The zero-order valence-electron chi connectivity index (χ0n) is 22.8. The summed E-state index contributed by atoms with van der Waals surface area (Å²) in [4.78, 5) is 3.18. The maximum absolute atomic E-state index is 3.18. The maximum atomic E-state index is 3.18. The highest BCUT2D eigenvalue weighted by molar-refractivity contribution is 5.90. The van der Waals surface area contributed by atoms with Gasteiger partial charge < -0.3 is 0 Å². The van der Waals surface area contributed by atoms with Crippen LogP contribution in [0.3, 0.4) is 0 Å². The van der Waals surface area contributed by atoms with E-state index in [0.717, 1.165) is 6.67 Å². The molecule has 1 aliphatic heterocycles. The van der Waals surface area contributed by atoms with E-state index in [4.69, 9.17) is 0 Å². The van der Waals surface area contributed by atoms with E-state index in [2.05, 4.69) is 131 Å². The number of imidazole rings is 1. The van der Waals surface area contributed by atoms with Crippen LogP contribution in [0.15, 0.2) is 67.5 Å². The Hall–Kier alpha value is -2.98. The van der Waals surface area contributed by atoms with Crippen LogP contribution in [0.5, 0.6) is 0 Å². The summed E-state index contributed by atoms with van der Waals surface area (Å²) < 4.78 is 5.13. The standard InChI is InChI=1S/C31H42N4/c1-22(2)26-11-9-12-27(23(3)4)30(26)35(18-17-34(21-35)20-33-16-15-32-19-33)31-28(24(5)6)13-10-14-29(31)25(7)8/h9-19,21-25H,20H2,1-8H3/q+2/p+1. The quantitative estimate of drug-likeness (QED) is 0.258. The number of aromatic nitrogens is 2. The highest BCUT2D eigenvalue weighted by Gasteiger charge is 2.47. The summed E-state index contributed by atoms with van der Waals surface area (Å²) in [7, 11) is 0. The first-order valence-electron chi connectivity index (χ1n) is 13.1. The van der Waals surface area contributed by atoms with Crippen LogP contribution in [0.25, 0.3) is 0 Å². The van der Waals surface area contributed by atoms with Gasteiger partial charge in [0.25, 0.3) is 6.67 Å². The third-order valence-electron chi connectivity index (χ3n) is 7.18. The average molecular weight is 472 g/mol. The van der Waals surface area contributed by atoms with Gasteiger partial charge in [-0.05, 0) is 23.7 Å². The normalized spacial score (nSPS) is 15.1. The Morgan fingerprint density at radius 2 is 1.17 bits per heavy atom. The minimum absolute atomic E-state index is 0.419. The van der Waals surface area contributed by atoms with Gasteiger partial charge >= 0.3 is 6.34 Å². The lowest BCUT2D eigenvalue weighted by Crippen LogP contribution is -2.42. The molecule has 0 fully saturated rings. The zero-order valence-corrected chi connectivity index (χ0v) is 22.8. The number of benzene rings is 2. The van der Waals surface area contributed by atoms with Crippen molar-refractivity contribution < 1.29 is 9.14 Å². The topological polar surface area (TPSA) is 22.7 Å². The molecule has 1 aliphatic rings. The highest BCUT2D eigenvalue weighted by Crippen LogP contribution is 2.50. The first kappa shape index (κ1) is 25.1. The number of hydrogen-bond acceptors (Lipinski definition) is 0. The molecule has 2 heterocycles. The van der Waals surface area contributed by atoms with Crippen LogP contribution in [0.4, 0.5) is 11.4 Å². The first-order valence-corrected chi connectivity index (χ1v) is 13.1. The second-order valence-corrected chi connectivity index (χ2v) is 11.2. The van der Waals surface area contributed by atoms with Gasteiger partial charge in [0, 0.05) is 22.3 Å². The Labute approximate surface area is 211 Å². The van der Waals surface area contributed by atoms with Gasteiger partial charge in [-0.2, -0.15) is 4.57 Å². The maximum Gasteiger partial charge on any atom is 0.350 e. The third-order valence-corrected chi connectivity index (χ3v) is 7.18. The molecular weight excluding hydrogens is 428 g/mol. The van der Waals surface area contributed by atoms with Crippen LogP contribution in [0.1, 0.15) is 101 Å². The van der Waals surface area contributed by atoms with Gasteiger partial charge in [0.15, 0.2) is 17.6 Å². The molecule has 4 heteroatoms. The summed E-state index contributed by atoms with van der Waals surface area (Å²) in [5.41, 5.74) is 8.49. The van der Waals surface area contributed by atoms with E-state index < -0.39 is 0 Å². The fraction of sp³-hybridized carbons (Fsp3) is 0.419. The summed E-state index contributed by atoms with van der Waals surface area (Å²) in [5, 5.41) is 0. The molecule has 3 aromatic rings. The molecule has 0 saturated heterocycles. The van der Waals surface area contributed by atoms with Crippen molar-refractivity contribution in [2.45, 2.75) is 85.7 Å². The van der Waals surface area contributed by atoms with E-state index in [9.17, 15) is 0 Å². The molecular formula is C31H43N4+3. The van der Waals surface area contributed by atoms with Gasteiger partial charge in [0.05, 0.1) is 0 Å². The van der Waals surface area contributed by atoms with Crippen LogP contribution in [-0.4, -0.2) is 15.9 Å². The van der Waals surface area contributed by atoms with Crippen molar-refractivity contribution in [3.63, 3.8) is 0 Å². The molecule has 2 aromatic carbocycles. The van der Waals surface area contributed by atoms with E-state index in [1.165, 1.54) is 33.6 Å². The fourth-order valence-corrected chi connectivity index (χ4v) is 5.44. The third kappa shape index (κ3) is 4.64. The molecule has 0 atom stereocenters. The van der Waals surface area contributed by atoms with Gasteiger partial charge in [0.2, 0.25) is 12.5 Å². The van der Waals surface area contributed by atoms with E-state index in [1.807, 2.05) is 12.5 Å². The van der Waals surface area contributed by atoms with Gasteiger partial charge in [0.1, 0.15) is 12.4 Å². The van der Waals surface area contributed by atoms with Crippen LogP contribution in [0.2, 0.25) is 0 Å². The van der Waals surface area contributed by atoms with E-state index in [1.54, 1.807) is 0 Å². The van der Waals surface area contributed by atoms with E-state index >= 15 is 0 Å². The average Bonchev–Trinajstić information content (AvgIpc) is 3.48. The Morgan fingerprint density at radius 1 is 0.714 bits per heavy atom. The number of H-pyrrole nitrogens is 1. The molecule has 1 N–H and O–H groups in total. The van der Waals surface area contributed by atoms with E-state index in [-0.39, 0.29) is 0 Å². The lowest BCUT2D eigenvalue weighted by molar-refractivity contribution is -0.828. The summed E-state index contributed by atoms with van der Waals surface area (Å²) in [6.45, 7) is 19.4. The van der Waals surface area contributed by atoms with Crippen molar-refractivity contribution in [1.29, 1.82) is 0 Å². The highest BCUT2D eigenvalue weighted by atomic mass is 15.4. The molecule has 0 radical (unpaired) electrons. The summed E-state index contributed by atoms with van der Waals surface area (Å²) in [6, 6.07) is 13.8. The van der Waals surface area contributed by atoms with Gasteiger partial charge in [-0.15, -0.1) is 9.06 Å². The summed E-state index contributed by atoms with van der Waals surface area (Å²) in [5.74, 6) is 1.68. The Bertz CT molecular complexity index is 1110. The zero-order chi connectivity index (χ0) is 25.3. The van der Waals surface area contributed by atoms with Gasteiger partial charge in [-0.3, -0.25) is 4.98 Å². The van der Waals surface area contributed by atoms with E-state index in [0.29, 0.717) is 28.2 Å². The lowest BCUT2D eigenvalue weighted by atomic mass is 9.87. The molecule has 0 spiro atoms. The number of aromatic amines is 1. The van der Waals surface area contributed by atoms with Crippen molar-refractivity contribution >= 4 is 17.7 Å². The molecule has 0 amide bonds. The summed E-state index contributed by atoms with van der Waals surface area (Å²) in [6.07, 6.45) is 13.2. The second-order valence-electron chi connectivity index (χ2n) is 11.2. The predicted molar refractivity (Wildman–Crippen MR) is 147 cm³/mol. The number of rotatable bonds is 8. The second kappa shape index (κ2) is 9.94. The SMILES string of the molecule is CC(C)c1cccc(C(C)C)c1[N+]1(c2c(C(C)C)cccc2C(C)C)C=C[N+](C[n+]2cc[nH]c2)=C1. The number of hydrogen-bond donors (Lipinski definition) is 1. The van der Waals surface area contributed by atoms with Gasteiger partial charge in [-0.25, -0.2) is 0 Å². The smallest absolute Gasteiger partial charge is 0.250 e. The minimum atomic E-state index is 0.419. The van der Waals surface area contributed by atoms with Crippen LogP contribution < -0.4 is 9.05 Å². The first-order chi connectivity index (χ1) is 16.7. The largest absolute Gasteiger partial charge is 0.350 e. The molecule has 0 aliphatic carbocycles. The van der Waals surface area contributed by atoms with Crippen molar-refractivity contribution in [1.82, 2.24) is 9.47 Å². The van der Waals surface area contributed by atoms with Crippen LogP contribution in [0, 0.1) is 0 Å². The van der Waals surface area contributed by atoms with Crippen molar-refractivity contribution in [3.05, 3.63) is 89.8 Å². The molecule has 35 heavy (non-hydrogen) atoms. The number of nitrogens with zero attached hydrogens (tertiary/aromatic N) is 3. The minimum Gasteiger partial charge on any atom is -0.250 e. The van der Waals surface area contributed by atoms with Crippen molar-refractivity contribution in [2.75, 3.05) is 0 Å². The molecule has 0 unspecified atom stereocenters. The molecule has 0 saturated carbocycles. The Kier molecular flexibility index (Phi) is 7.14. The summed E-state index contributed by atoms with van der Waals surface area (Å²) >= 11 is 0. The fourth-order valence-electron chi connectivity index (χ4n) is 5.44. The molecule has 4 rings (SSSR count). The molecule has 1 aromatic heterocycles. The number of quaternary nitrogens is 1. The lowest BCUT2D eigenvalue weighted by Gasteiger charge is -2.34. The van der Waals surface area contributed by atoms with Crippen molar-refractivity contribution in [3.8, 4) is 0 Å². The number of nitrogens with one attached hydrogen (secondary N) is 1.